The summed E-state index contributed by atoms with van der Waals surface area (Å²) in [4.78, 5) is 6.90. The third kappa shape index (κ3) is 2.91. The molecule has 1 fully saturated rings. The Balaban J connectivity index is 2.10. The summed E-state index contributed by atoms with van der Waals surface area (Å²) in [5.41, 5.74) is 2.11. The van der Waals surface area contributed by atoms with E-state index in [0.717, 1.165) is 55.6 Å². The molecule has 0 aromatic carbocycles. The standard InChI is InChI=1S/C13H21ClN4/c1-3-11-12(4-2)16-17-13(15-11)18-8-6-10(9-18)5-7-14/h10H,3-9H2,1-2H3. The van der Waals surface area contributed by atoms with E-state index < -0.39 is 0 Å². The van der Waals surface area contributed by atoms with E-state index in [9.17, 15) is 0 Å². The van der Waals surface area contributed by atoms with Gasteiger partial charge in [-0.2, -0.15) is 5.10 Å². The molecule has 1 unspecified atom stereocenters. The molecule has 1 aliphatic heterocycles. The SMILES string of the molecule is CCc1nnc(N2CCC(CCCl)C2)nc1CC. The zero-order chi connectivity index (χ0) is 13.0. The van der Waals surface area contributed by atoms with Crippen molar-refractivity contribution in [2.75, 3.05) is 23.9 Å². The third-order valence-corrected chi connectivity index (χ3v) is 3.80. The molecule has 0 spiro atoms. The maximum atomic E-state index is 5.80. The molecule has 4 nitrogen and oxygen atoms in total. The van der Waals surface area contributed by atoms with Crippen LogP contribution in [0.1, 0.15) is 38.1 Å². The van der Waals surface area contributed by atoms with Crippen LogP contribution in [0.5, 0.6) is 0 Å². The second kappa shape index (κ2) is 6.32. The molecular weight excluding hydrogens is 248 g/mol. The van der Waals surface area contributed by atoms with Gasteiger partial charge in [-0.3, -0.25) is 0 Å². The van der Waals surface area contributed by atoms with E-state index in [1.54, 1.807) is 0 Å². The van der Waals surface area contributed by atoms with Gasteiger partial charge in [0.05, 0.1) is 11.4 Å². The molecule has 18 heavy (non-hydrogen) atoms. The molecule has 0 N–H and O–H groups in total. The maximum Gasteiger partial charge on any atom is 0.245 e. The molecule has 2 rings (SSSR count). The minimum atomic E-state index is 0.682. The topological polar surface area (TPSA) is 41.9 Å². The van der Waals surface area contributed by atoms with Crippen LogP contribution in [0.15, 0.2) is 0 Å². The number of nitrogens with zero attached hydrogens (tertiary/aromatic N) is 4. The summed E-state index contributed by atoms with van der Waals surface area (Å²) >= 11 is 5.80. The third-order valence-electron chi connectivity index (χ3n) is 3.58. The molecule has 0 amide bonds. The minimum absolute atomic E-state index is 0.682. The van der Waals surface area contributed by atoms with Crippen molar-refractivity contribution in [3.63, 3.8) is 0 Å². The number of rotatable bonds is 5. The monoisotopic (exact) mass is 268 g/mol. The summed E-state index contributed by atoms with van der Waals surface area (Å²) in [5, 5.41) is 8.57. The Morgan fingerprint density at radius 1 is 1.22 bits per heavy atom. The predicted octanol–water partition coefficient (Wildman–Crippen LogP) is 2.45. The second-order valence-electron chi connectivity index (χ2n) is 4.79. The normalized spacial score (nSPS) is 19.5. The van der Waals surface area contributed by atoms with Gasteiger partial charge in [0.25, 0.3) is 0 Å². The molecule has 5 heteroatoms. The lowest BCUT2D eigenvalue weighted by Gasteiger charge is -2.16. The van der Waals surface area contributed by atoms with Crippen molar-refractivity contribution in [1.29, 1.82) is 0 Å². The zero-order valence-electron chi connectivity index (χ0n) is 11.2. The summed E-state index contributed by atoms with van der Waals surface area (Å²) in [5.74, 6) is 2.22. The highest BCUT2D eigenvalue weighted by molar-refractivity contribution is 6.17. The van der Waals surface area contributed by atoms with E-state index in [4.69, 9.17) is 11.6 Å². The number of alkyl halides is 1. The largest absolute Gasteiger partial charge is 0.339 e. The highest BCUT2D eigenvalue weighted by Gasteiger charge is 2.24. The van der Waals surface area contributed by atoms with Gasteiger partial charge in [-0.15, -0.1) is 16.7 Å². The van der Waals surface area contributed by atoms with E-state index in [0.29, 0.717) is 5.92 Å². The fraction of sp³-hybridized carbons (Fsp3) is 0.769. The van der Waals surface area contributed by atoms with Gasteiger partial charge in [0.1, 0.15) is 0 Å². The molecule has 1 aliphatic rings. The molecule has 0 bridgehead atoms. The van der Waals surface area contributed by atoms with Crippen LogP contribution in [0.2, 0.25) is 0 Å². The van der Waals surface area contributed by atoms with Crippen LogP contribution in [0.3, 0.4) is 0 Å². The average Bonchev–Trinajstić information content (AvgIpc) is 2.87. The summed E-state index contributed by atoms with van der Waals surface area (Å²) in [6.07, 6.45) is 4.09. The van der Waals surface area contributed by atoms with Gasteiger partial charge in [-0.25, -0.2) is 4.98 Å². The van der Waals surface area contributed by atoms with Crippen molar-refractivity contribution in [2.24, 2.45) is 5.92 Å². The summed E-state index contributed by atoms with van der Waals surface area (Å²) in [6.45, 7) is 6.25. The number of aryl methyl sites for hydroxylation is 2. The van der Waals surface area contributed by atoms with Crippen molar-refractivity contribution in [2.45, 2.75) is 39.5 Å². The average molecular weight is 269 g/mol. The van der Waals surface area contributed by atoms with E-state index in [2.05, 4.69) is 33.9 Å². The molecule has 1 saturated heterocycles. The molecule has 100 valence electrons. The zero-order valence-corrected chi connectivity index (χ0v) is 11.9. The maximum absolute atomic E-state index is 5.80. The first-order valence-electron chi connectivity index (χ1n) is 6.81. The lowest BCUT2D eigenvalue weighted by atomic mass is 10.1. The van der Waals surface area contributed by atoms with Gasteiger partial charge in [-0.05, 0) is 31.6 Å². The summed E-state index contributed by atoms with van der Waals surface area (Å²) < 4.78 is 0. The van der Waals surface area contributed by atoms with Crippen LogP contribution in [-0.4, -0.2) is 34.2 Å². The van der Waals surface area contributed by atoms with Crippen molar-refractivity contribution >= 4 is 17.5 Å². The van der Waals surface area contributed by atoms with Crippen molar-refractivity contribution in [3.8, 4) is 0 Å². The van der Waals surface area contributed by atoms with Crippen LogP contribution in [0.4, 0.5) is 5.95 Å². The predicted molar refractivity (Wildman–Crippen MR) is 74.2 cm³/mol. The molecule has 2 heterocycles. The minimum Gasteiger partial charge on any atom is -0.339 e. The van der Waals surface area contributed by atoms with E-state index >= 15 is 0 Å². The Labute approximate surface area is 114 Å². The molecule has 1 aromatic heterocycles. The molecule has 0 radical (unpaired) electrons. The van der Waals surface area contributed by atoms with Gasteiger partial charge in [-0.1, -0.05) is 13.8 Å². The lowest BCUT2D eigenvalue weighted by molar-refractivity contribution is 0.571. The first-order chi connectivity index (χ1) is 8.78. The Bertz CT molecular complexity index is 397. The van der Waals surface area contributed by atoms with Crippen LogP contribution < -0.4 is 4.90 Å². The fourth-order valence-corrected chi connectivity index (χ4v) is 2.78. The van der Waals surface area contributed by atoms with Crippen molar-refractivity contribution in [1.82, 2.24) is 15.2 Å². The second-order valence-corrected chi connectivity index (χ2v) is 5.17. The first-order valence-corrected chi connectivity index (χ1v) is 7.35. The molecule has 1 aromatic rings. The smallest absolute Gasteiger partial charge is 0.245 e. The Hall–Kier alpha value is -0.900. The van der Waals surface area contributed by atoms with E-state index in [1.165, 1.54) is 6.42 Å². The van der Waals surface area contributed by atoms with Gasteiger partial charge in [0.15, 0.2) is 0 Å². The number of hydrogen-bond acceptors (Lipinski definition) is 4. The Morgan fingerprint density at radius 2 is 2.00 bits per heavy atom. The highest BCUT2D eigenvalue weighted by atomic mass is 35.5. The van der Waals surface area contributed by atoms with Gasteiger partial charge in [0.2, 0.25) is 5.95 Å². The molecule has 0 aliphatic carbocycles. The van der Waals surface area contributed by atoms with Crippen molar-refractivity contribution in [3.05, 3.63) is 11.4 Å². The quantitative estimate of drug-likeness (QED) is 0.770. The van der Waals surface area contributed by atoms with Crippen LogP contribution in [0.25, 0.3) is 0 Å². The summed E-state index contributed by atoms with van der Waals surface area (Å²) in [6, 6.07) is 0. The number of aromatic nitrogens is 3. The van der Waals surface area contributed by atoms with Crippen LogP contribution in [0, 0.1) is 5.92 Å². The van der Waals surface area contributed by atoms with E-state index in [-0.39, 0.29) is 0 Å². The van der Waals surface area contributed by atoms with E-state index in [1.807, 2.05) is 0 Å². The van der Waals surface area contributed by atoms with Gasteiger partial charge < -0.3 is 4.90 Å². The number of hydrogen-bond donors (Lipinski definition) is 0. The van der Waals surface area contributed by atoms with Crippen LogP contribution >= 0.6 is 11.6 Å². The molecule has 1 atom stereocenters. The summed E-state index contributed by atoms with van der Waals surface area (Å²) in [7, 11) is 0. The first kappa shape index (κ1) is 13.5. The molecule has 0 saturated carbocycles. The van der Waals surface area contributed by atoms with Crippen molar-refractivity contribution < 1.29 is 0 Å². The molecular formula is C13H21ClN4. The number of halogens is 1. The Morgan fingerprint density at radius 3 is 2.67 bits per heavy atom. The van der Waals surface area contributed by atoms with Gasteiger partial charge >= 0.3 is 0 Å². The fourth-order valence-electron chi connectivity index (χ4n) is 2.47. The Kier molecular flexibility index (Phi) is 4.75. The lowest BCUT2D eigenvalue weighted by Crippen LogP contribution is -2.23. The van der Waals surface area contributed by atoms with Crippen LogP contribution in [-0.2, 0) is 12.8 Å². The highest BCUT2D eigenvalue weighted by Crippen LogP contribution is 2.23. The number of anilines is 1. The van der Waals surface area contributed by atoms with Gasteiger partial charge in [0, 0.05) is 19.0 Å².